The van der Waals surface area contributed by atoms with Crippen molar-refractivity contribution < 1.29 is 4.79 Å². The van der Waals surface area contributed by atoms with Crippen LogP contribution in [0.3, 0.4) is 0 Å². The summed E-state index contributed by atoms with van der Waals surface area (Å²) in [5, 5.41) is 4.02. The smallest absolute Gasteiger partial charge is 0.247 e. The van der Waals surface area contributed by atoms with E-state index >= 15 is 0 Å². The Balaban J connectivity index is 1.59. The zero-order valence-electron chi connectivity index (χ0n) is 11.8. The molecule has 0 unspecified atom stereocenters. The second-order valence-corrected chi connectivity index (χ2v) is 4.91. The third-order valence-corrected chi connectivity index (χ3v) is 3.62. The van der Waals surface area contributed by atoms with Gasteiger partial charge in [-0.05, 0) is 13.0 Å². The molecule has 1 amide bonds. The van der Waals surface area contributed by atoms with E-state index in [-0.39, 0.29) is 11.9 Å². The van der Waals surface area contributed by atoms with Gasteiger partial charge in [-0.1, -0.05) is 0 Å². The Labute approximate surface area is 122 Å². The average molecular weight is 287 g/mol. The topological polar surface area (TPSA) is 80.0 Å². The molecule has 0 bridgehead atoms. The Morgan fingerprint density at radius 1 is 1.19 bits per heavy atom. The normalized spacial score (nSPS) is 16.8. The number of carbonyl (C=O) groups excluding carboxylic acids is 1. The SMILES string of the molecule is C[C@H](C(=O)N1CCN(c2ncccn2)CC1)n1cncn1. The number of nitrogens with zero attached hydrogens (tertiary/aromatic N) is 7. The Kier molecular flexibility index (Phi) is 3.76. The summed E-state index contributed by atoms with van der Waals surface area (Å²) in [7, 11) is 0. The lowest BCUT2D eigenvalue weighted by Gasteiger charge is -2.35. The Hall–Kier alpha value is -2.51. The quantitative estimate of drug-likeness (QED) is 0.789. The maximum Gasteiger partial charge on any atom is 0.247 e. The Morgan fingerprint density at radius 2 is 1.90 bits per heavy atom. The highest BCUT2D eigenvalue weighted by molar-refractivity contribution is 5.80. The molecule has 3 rings (SSSR count). The molecule has 1 fully saturated rings. The summed E-state index contributed by atoms with van der Waals surface area (Å²) < 4.78 is 1.58. The molecule has 0 spiro atoms. The lowest BCUT2D eigenvalue weighted by molar-refractivity contribution is -0.134. The number of anilines is 1. The van der Waals surface area contributed by atoms with E-state index in [0.717, 1.165) is 13.1 Å². The molecular formula is C13H17N7O. The summed E-state index contributed by atoms with van der Waals surface area (Å²) in [4.78, 5) is 28.7. The molecule has 1 aliphatic heterocycles. The van der Waals surface area contributed by atoms with Gasteiger partial charge >= 0.3 is 0 Å². The molecule has 21 heavy (non-hydrogen) atoms. The van der Waals surface area contributed by atoms with Crippen LogP contribution in [0.25, 0.3) is 0 Å². The van der Waals surface area contributed by atoms with E-state index < -0.39 is 0 Å². The predicted molar refractivity (Wildman–Crippen MR) is 75.6 cm³/mol. The van der Waals surface area contributed by atoms with Crippen molar-refractivity contribution in [3.05, 3.63) is 31.1 Å². The number of hydrogen-bond donors (Lipinski definition) is 0. The van der Waals surface area contributed by atoms with Crippen molar-refractivity contribution in [1.29, 1.82) is 0 Å². The van der Waals surface area contributed by atoms with E-state index in [0.29, 0.717) is 19.0 Å². The highest BCUT2D eigenvalue weighted by Crippen LogP contribution is 2.13. The lowest BCUT2D eigenvalue weighted by Crippen LogP contribution is -2.50. The van der Waals surface area contributed by atoms with Crippen molar-refractivity contribution in [2.45, 2.75) is 13.0 Å². The molecule has 1 saturated heterocycles. The average Bonchev–Trinajstić information content (AvgIpc) is 3.09. The van der Waals surface area contributed by atoms with E-state index in [1.807, 2.05) is 11.8 Å². The fourth-order valence-corrected chi connectivity index (χ4v) is 2.38. The van der Waals surface area contributed by atoms with Gasteiger partial charge in [0.1, 0.15) is 18.7 Å². The van der Waals surface area contributed by atoms with Crippen LogP contribution in [0.4, 0.5) is 5.95 Å². The van der Waals surface area contributed by atoms with E-state index in [9.17, 15) is 4.79 Å². The summed E-state index contributed by atoms with van der Waals surface area (Å²) in [5.41, 5.74) is 0. The maximum atomic E-state index is 12.4. The fraction of sp³-hybridized carbons (Fsp3) is 0.462. The molecule has 1 aliphatic rings. The molecule has 8 heteroatoms. The molecule has 2 aromatic heterocycles. The highest BCUT2D eigenvalue weighted by atomic mass is 16.2. The Morgan fingerprint density at radius 3 is 2.52 bits per heavy atom. The minimum Gasteiger partial charge on any atom is -0.337 e. The van der Waals surface area contributed by atoms with Crippen molar-refractivity contribution in [3.63, 3.8) is 0 Å². The van der Waals surface area contributed by atoms with Crippen molar-refractivity contribution in [2.75, 3.05) is 31.1 Å². The summed E-state index contributed by atoms with van der Waals surface area (Å²) in [6.07, 6.45) is 6.46. The maximum absolute atomic E-state index is 12.4. The zero-order chi connectivity index (χ0) is 14.7. The van der Waals surface area contributed by atoms with Gasteiger partial charge in [0.15, 0.2) is 0 Å². The molecule has 1 atom stereocenters. The van der Waals surface area contributed by atoms with Crippen LogP contribution in [-0.4, -0.2) is 61.7 Å². The minimum absolute atomic E-state index is 0.0640. The summed E-state index contributed by atoms with van der Waals surface area (Å²) in [6, 6.07) is 1.47. The second-order valence-electron chi connectivity index (χ2n) is 4.91. The van der Waals surface area contributed by atoms with Gasteiger partial charge in [0.25, 0.3) is 0 Å². The van der Waals surface area contributed by atoms with Crippen LogP contribution in [0.1, 0.15) is 13.0 Å². The van der Waals surface area contributed by atoms with Crippen LogP contribution in [0.15, 0.2) is 31.1 Å². The van der Waals surface area contributed by atoms with Crippen LogP contribution in [0, 0.1) is 0 Å². The predicted octanol–water partition coefficient (Wildman–Crippen LogP) is -0.0221. The molecule has 0 saturated carbocycles. The van der Waals surface area contributed by atoms with E-state index in [1.54, 1.807) is 29.5 Å². The largest absolute Gasteiger partial charge is 0.337 e. The monoisotopic (exact) mass is 287 g/mol. The van der Waals surface area contributed by atoms with Crippen molar-refractivity contribution >= 4 is 11.9 Å². The van der Waals surface area contributed by atoms with Gasteiger partial charge < -0.3 is 9.80 Å². The van der Waals surface area contributed by atoms with Gasteiger partial charge in [-0.2, -0.15) is 5.10 Å². The summed E-state index contributed by atoms with van der Waals surface area (Å²) in [6.45, 7) is 4.63. The molecular weight excluding hydrogens is 270 g/mol. The first-order chi connectivity index (χ1) is 10.3. The van der Waals surface area contributed by atoms with E-state index in [1.165, 1.54) is 6.33 Å². The van der Waals surface area contributed by atoms with Gasteiger partial charge in [-0.3, -0.25) is 4.79 Å². The summed E-state index contributed by atoms with van der Waals surface area (Å²) >= 11 is 0. The van der Waals surface area contributed by atoms with Crippen LogP contribution in [0.5, 0.6) is 0 Å². The van der Waals surface area contributed by atoms with Gasteiger partial charge in [-0.25, -0.2) is 19.6 Å². The van der Waals surface area contributed by atoms with Crippen molar-refractivity contribution in [1.82, 2.24) is 29.6 Å². The number of aromatic nitrogens is 5. The van der Waals surface area contributed by atoms with Gasteiger partial charge in [0.2, 0.25) is 11.9 Å². The molecule has 110 valence electrons. The van der Waals surface area contributed by atoms with Crippen molar-refractivity contribution in [3.8, 4) is 0 Å². The first kappa shape index (κ1) is 13.5. The van der Waals surface area contributed by atoms with Crippen LogP contribution in [0.2, 0.25) is 0 Å². The van der Waals surface area contributed by atoms with Gasteiger partial charge in [0, 0.05) is 38.6 Å². The van der Waals surface area contributed by atoms with E-state index in [4.69, 9.17) is 0 Å². The molecule has 0 radical (unpaired) electrons. The number of hydrogen-bond acceptors (Lipinski definition) is 6. The van der Waals surface area contributed by atoms with Gasteiger partial charge in [0.05, 0.1) is 0 Å². The number of rotatable bonds is 3. The van der Waals surface area contributed by atoms with Crippen LogP contribution in [-0.2, 0) is 4.79 Å². The standard InChI is InChI=1S/C13H17N7O/c1-11(20-10-14-9-17-20)12(21)18-5-7-19(8-6-18)13-15-3-2-4-16-13/h2-4,9-11H,5-8H2,1H3/t11-/m1/s1. The van der Waals surface area contributed by atoms with Gasteiger partial charge in [-0.15, -0.1) is 0 Å². The highest BCUT2D eigenvalue weighted by Gasteiger charge is 2.26. The Bertz CT molecular complexity index is 578. The first-order valence-electron chi connectivity index (χ1n) is 6.90. The molecule has 0 aromatic carbocycles. The third kappa shape index (κ3) is 2.83. The number of carbonyl (C=O) groups is 1. The lowest BCUT2D eigenvalue weighted by atomic mass is 10.2. The zero-order valence-corrected chi connectivity index (χ0v) is 11.8. The number of amides is 1. The second kappa shape index (κ2) is 5.86. The summed E-state index contributed by atoms with van der Waals surface area (Å²) in [5.74, 6) is 0.781. The molecule has 8 nitrogen and oxygen atoms in total. The molecule has 0 N–H and O–H groups in total. The van der Waals surface area contributed by atoms with E-state index in [2.05, 4.69) is 25.0 Å². The van der Waals surface area contributed by atoms with Crippen molar-refractivity contribution in [2.24, 2.45) is 0 Å². The first-order valence-corrected chi connectivity index (χ1v) is 6.90. The minimum atomic E-state index is -0.327. The molecule has 3 heterocycles. The fourth-order valence-electron chi connectivity index (χ4n) is 2.38. The molecule has 0 aliphatic carbocycles. The van der Waals surface area contributed by atoms with Crippen LogP contribution >= 0.6 is 0 Å². The van der Waals surface area contributed by atoms with Crippen LogP contribution < -0.4 is 4.90 Å². The number of piperazine rings is 1. The molecule has 2 aromatic rings. The third-order valence-electron chi connectivity index (χ3n) is 3.62.